The molecule has 2 rings (SSSR count). The molecule has 0 amide bonds. The molecule has 2 heteroatoms. The van der Waals surface area contributed by atoms with Gasteiger partial charge in [0.25, 0.3) is 0 Å². The van der Waals surface area contributed by atoms with Crippen LogP contribution in [0.5, 0.6) is 5.75 Å². The molecule has 1 aromatic carbocycles. The predicted octanol–water partition coefficient (Wildman–Crippen LogP) is 3.58. The van der Waals surface area contributed by atoms with E-state index >= 15 is 0 Å². The quantitative estimate of drug-likeness (QED) is 0.858. The lowest BCUT2D eigenvalue weighted by molar-refractivity contribution is 0.252. The summed E-state index contributed by atoms with van der Waals surface area (Å²) in [6, 6.07) is 8.41. The lowest BCUT2D eigenvalue weighted by Gasteiger charge is -2.23. The zero-order valence-corrected chi connectivity index (χ0v) is 11.6. The Balaban J connectivity index is 1.82. The summed E-state index contributed by atoms with van der Waals surface area (Å²) in [4.78, 5) is 0. The van der Waals surface area contributed by atoms with Crippen molar-refractivity contribution in [3.05, 3.63) is 29.8 Å². The van der Waals surface area contributed by atoms with E-state index in [1.54, 1.807) is 0 Å². The van der Waals surface area contributed by atoms with Gasteiger partial charge < -0.3 is 10.1 Å². The van der Waals surface area contributed by atoms with Gasteiger partial charge in [0.15, 0.2) is 0 Å². The standard InChI is InChI=1S/C16H25NO/c1-13(2)15-7-3-4-8-16(15)18-11-9-14-6-5-10-17-12-14/h3-4,7-8,13-14,17H,5-6,9-12H2,1-2H3/t14-/m1/s1. The van der Waals surface area contributed by atoms with Crippen molar-refractivity contribution >= 4 is 0 Å². The maximum Gasteiger partial charge on any atom is 0.122 e. The minimum atomic E-state index is 0.526. The van der Waals surface area contributed by atoms with E-state index in [0.717, 1.165) is 24.8 Å². The summed E-state index contributed by atoms with van der Waals surface area (Å²) >= 11 is 0. The third-order valence-electron chi connectivity index (χ3n) is 3.72. The first-order valence-corrected chi connectivity index (χ1v) is 7.20. The summed E-state index contributed by atoms with van der Waals surface area (Å²) < 4.78 is 5.97. The average Bonchev–Trinajstić information content (AvgIpc) is 2.40. The van der Waals surface area contributed by atoms with Crippen LogP contribution in [0.3, 0.4) is 0 Å². The van der Waals surface area contributed by atoms with Gasteiger partial charge in [-0.25, -0.2) is 0 Å². The molecule has 2 nitrogen and oxygen atoms in total. The zero-order chi connectivity index (χ0) is 12.8. The lowest BCUT2D eigenvalue weighted by Crippen LogP contribution is -2.30. The van der Waals surface area contributed by atoms with Crippen LogP contribution in [0.4, 0.5) is 0 Å². The Kier molecular flexibility index (Phi) is 5.06. The van der Waals surface area contributed by atoms with E-state index in [9.17, 15) is 0 Å². The smallest absolute Gasteiger partial charge is 0.122 e. The van der Waals surface area contributed by atoms with Crippen LogP contribution in [0.1, 0.15) is 44.6 Å². The van der Waals surface area contributed by atoms with Crippen molar-refractivity contribution in [3.63, 3.8) is 0 Å². The Morgan fingerprint density at radius 1 is 1.33 bits per heavy atom. The number of ether oxygens (including phenoxy) is 1. The molecule has 0 saturated carbocycles. The average molecular weight is 247 g/mol. The summed E-state index contributed by atoms with van der Waals surface area (Å²) in [6.07, 6.45) is 3.83. The second-order valence-corrected chi connectivity index (χ2v) is 5.54. The first-order valence-electron chi connectivity index (χ1n) is 7.20. The van der Waals surface area contributed by atoms with Gasteiger partial charge in [-0.15, -0.1) is 0 Å². The van der Waals surface area contributed by atoms with Crippen molar-refractivity contribution < 1.29 is 4.74 Å². The molecule has 1 aliphatic rings. The van der Waals surface area contributed by atoms with Gasteiger partial charge in [0.2, 0.25) is 0 Å². The molecule has 0 aliphatic carbocycles. The molecule has 0 bridgehead atoms. The summed E-state index contributed by atoms with van der Waals surface area (Å²) in [5, 5.41) is 3.46. The summed E-state index contributed by atoms with van der Waals surface area (Å²) in [7, 11) is 0. The maximum absolute atomic E-state index is 5.97. The zero-order valence-electron chi connectivity index (χ0n) is 11.6. The van der Waals surface area contributed by atoms with E-state index < -0.39 is 0 Å². The number of hydrogen-bond acceptors (Lipinski definition) is 2. The van der Waals surface area contributed by atoms with E-state index in [1.165, 1.54) is 31.4 Å². The monoisotopic (exact) mass is 247 g/mol. The van der Waals surface area contributed by atoms with Crippen LogP contribution >= 0.6 is 0 Å². The Hall–Kier alpha value is -1.02. The van der Waals surface area contributed by atoms with E-state index in [-0.39, 0.29) is 0 Å². The highest BCUT2D eigenvalue weighted by Gasteiger charge is 2.13. The first kappa shape index (κ1) is 13.4. The Morgan fingerprint density at radius 3 is 2.89 bits per heavy atom. The predicted molar refractivity (Wildman–Crippen MR) is 76.2 cm³/mol. The Morgan fingerprint density at radius 2 is 2.17 bits per heavy atom. The van der Waals surface area contributed by atoms with Crippen LogP contribution in [-0.2, 0) is 0 Å². The second-order valence-electron chi connectivity index (χ2n) is 5.54. The van der Waals surface area contributed by atoms with Crippen LogP contribution < -0.4 is 10.1 Å². The van der Waals surface area contributed by atoms with Gasteiger partial charge in [-0.1, -0.05) is 32.0 Å². The van der Waals surface area contributed by atoms with Gasteiger partial charge in [0.05, 0.1) is 6.61 Å². The van der Waals surface area contributed by atoms with Crippen molar-refractivity contribution in [2.45, 2.75) is 39.0 Å². The SMILES string of the molecule is CC(C)c1ccccc1OCC[C@H]1CCCNC1. The first-order chi connectivity index (χ1) is 8.77. The largest absolute Gasteiger partial charge is 0.493 e. The normalized spacial score (nSPS) is 20.1. The molecule has 1 aliphatic heterocycles. The maximum atomic E-state index is 5.97. The highest BCUT2D eigenvalue weighted by Crippen LogP contribution is 2.26. The number of para-hydroxylation sites is 1. The minimum Gasteiger partial charge on any atom is -0.493 e. The fourth-order valence-corrected chi connectivity index (χ4v) is 2.59. The molecule has 1 aromatic rings. The van der Waals surface area contributed by atoms with Crippen LogP contribution in [0, 0.1) is 5.92 Å². The number of rotatable bonds is 5. The second kappa shape index (κ2) is 6.79. The van der Waals surface area contributed by atoms with E-state index in [1.807, 2.05) is 0 Å². The molecule has 1 saturated heterocycles. The molecule has 1 atom stereocenters. The van der Waals surface area contributed by atoms with Crippen molar-refractivity contribution in [2.75, 3.05) is 19.7 Å². The van der Waals surface area contributed by atoms with Crippen molar-refractivity contribution in [2.24, 2.45) is 5.92 Å². The molecule has 18 heavy (non-hydrogen) atoms. The van der Waals surface area contributed by atoms with Gasteiger partial charge in [-0.2, -0.15) is 0 Å². The number of nitrogens with one attached hydrogen (secondary N) is 1. The van der Waals surface area contributed by atoms with Crippen molar-refractivity contribution in [3.8, 4) is 5.75 Å². The summed E-state index contributed by atoms with van der Waals surface area (Å²) in [5.41, 5.74) is 1.32. The van der Waals surface area contributed by atoms with E-state index in [0.29, 0.717) is 5.92 Å². The lowest BCUT2D eigenvalue weighted by atomic mass is 9.97. The highest BCUT2D eigenvalue weighted by molar-refractivity contribution is 5.35. The fourth-order valence-electron chi connectivity index (χ4n) is 2.59. The third kappa shape index (κ3) is 3.74. The summed E-state index contributed by atoms with van der Waals surface area (Å²) in [5.74, 6) is 2.39. The van der Waals surface area contributed by atoms with E-state index in [2.05, 4.69) is 43.4 Å². The van der Waals surface area contributed by atoms with Crippen LogP contribution in [0.25, 0.3) is 0 Å². The molecule has 100 valence electrons. The van der Waals surface area contributed by atoms with Gasteiger partial charge in [0, 0.05) is 0 Å². The molecule has 0 aromatic heterocycles. The van der Waals surface area contributed by atoms with Gasteiger partial charge >= 0.3 is 0 Å². The highest BCUT2D eigenvalue weighted by atomic mass is 16.5. The van der Waals surface area contributed by atoms with Crippen LogP contribution in [0.15, 0.2) is 24.3 Å². The number of hydrogen-bond donors (Lipinski definition) is 1. The van der Waals surface area contributed by atoms with E-state index in [4.69, 9.17) is 4.74 Å². The molecule has 1 N–H and O–H groups in total. The van der Waals surface area contributed by atoms with Crippen LogP contribution in [0.2, 0.25) is 0 Å². The molecular weight excluding hydrogens is 222 g/mol. The van der Waals surface area contributed by atoms with Crippen LogP contribution in [-0.4, -0.2) is 19.7 Å². The fraction of sp³-hybridized carbons (Fsp3) is 0.625. The molecule has 0 radical (unpaired) electrons. The number of piperidine rings is 1. The van der Waals surface area contributed by atoms with Crippen molar-refractivity contribution in [1.29, 1.82) is 0 Å². The molecular formula is C16H25NO. The minimum absolute atomic E-state index is 0.526. The topological polar surface area (TPSA) is 21.3 Å². The molecule has 1 fully saturated rings. The molecule has 0 spiro atoms. The molecule has 0 unspecified atom stereocenters. The molecule has 1 heterocycles. The Labute approximate surface area is 111 Å². The van der Waals surface area contributed by atoms with Gasteiger partial charge in [-0.3, -0.25) is 0 Å². The van der Waals surface area contributed by atoms with Gasteiger partial charge in [0.1, 0.15) is 5.75 Å². The Bertz CT molecular complexity index is 356. The summed E-state index contributed by atoms with van der Waals surface area (Å²) in [6.45, 7) is 7.62. The van der Waals surface area contributed by atoms with Crippen molar-refractivity contribution in [1.82, 2.24) is 5.32 Å². The third-order valence-corrected chi connectivity index (χ3v) is 3.72. The number of benzene rings is 1. The van der Waals surface area contributed by atoms with Gasteiger partial charge in [-0.05, 0) is 55.8 Å².